The van der Waals surface area contributed by atoms with Crippen LogP contribution in [-0.2, 0) is 26.0 Å². The molecule has 1 fully saturated rings. The number of hydrogen-bond donors (Lipinski definition) is 1. The lowest BCUT2D eigenvalue weighted by molar-refractivity contribution is -0.120. The van der Waals surface area contributed by atoms with Crippen LogP contribution in [0.1, 0.15) is 11.1 Å². The standard InChI is InChI=1S/C18H29N3O4S/c1-16-5-3-4-6-17(16)15-18(22)19-7-8-21(26(2,23)24)10-9-20-11-13-25-14-12-20/h3-6H,7-15H2,1-2H3,(H,19,22). The first-order chi connectivity index (χ1) is 12.4. The second-order valence-corrected chi connectivity index (χ2v) is 8.55. The van der Waals surface area contributed by atoms with Crippen LogP contribution in [0.5, 0.6) is 0 Å². The Morgan fingerprint density at radius 2 is 1.92 bits per heavy atom. The van der Waals surface area contributed by atoms with Crippen LogP contribution in [0, 0.1) is 6.92 Å². The van der Waals surface area contributed by atoms with Gasteiger partial charge in [-0.05, 0) is 18.1 Å². The number of benzene rings is 1. The predicted octanol–water partition coefficient (Wildman–Crippen LogP) is 0.248. The highest BCUT2D eigenvalue weighted by Gasteiger charge is 2.19. The normalized spacial score (nSPS) is 16.0. The number of morpholine rings is 1. The number of carbonyl (C=O) groups excluding carboxylic acids is 1. The molecule has 2 rings (SSSR count). The zero-order valence-corrected chi connectivity index (χ0v) is 16.4. The van der Waals surface area contributed by atoms with E-state index in [1.807, 2.05) is 31.2 Å². The first-order valence-electron chi connectivity index (χ1n) is 8.92. The Morgan fingerprint density at radius 1 is 1.23 bits per heavy atom. The molecule has 8 heteroatoms. The average Bonchev–Trinajstić information content (AvgIpc) is 2.60. The van der Waals surface area contributed by atoms with Crippen LogP contribution in [0.2, 0.25) is 0 Å². The van der Waals surface area contributed by atoms with Gasteiger partial charge < -0.3 is 10.1 Å². The summed E-state index contributed by atoms with van der Waals surface area (Å²) in [5.74, 6) is -0.0964. The molecule has 0 aromatic heterocycles. The molecular weight excluding hydrogens is 354 g/mol. The van der Waals surface area contributed by atoms with Crippen molar-refractivity contribution in [1.29, 1.82) is 0 Å². The summed E-state index contributed by atoms with van der Waals surface area (Å²) in [4.78, 5) is 14.3. The number of sulfonamides is 1. The quantitative estimate of drug-likeness (QED) is 0.661. The summed E-state index contributed by atoms with van der Waals surface area (Å²) in [6.07, 6.45) is 1.51. The number of nitrogens with zero attached hydrogens (tertiary/aromatic N) is 2. The van der Waals surface area contributed by atoms with Gasteiger partial charge in [0, 0.05) is 39.3 Å². The fraction of sp³-hybridized carbons (Fsp3) is 0.611. The molecule has 0 aliphatic carbocycles. The Labute approximate surface area is 156 Å². The fourth-order valence-electron chi connectivity index (χ4n) is 2.89. The summed E-state index contributed by atoms with van der Waals surface area (Å²) in [6.45, 7) is 6.68. The number of aryl methyl sites for hydroxylation is 1. The number of hydrogen-bond acceptors (Lipinski definition) is 5. The van der Waals surface area contributed by atoms with Crippen LogP contribution >= 0.6 is 0 Å². The molecule has 7 nitrogen and oxygen atoms in total. The number of carbonyl (C=O) groups is 1. The van der Waals surface area contributed by atoms with E-state index in [1.54, 1.807) is 0 Å². The second-order valence-electron chi connectivity index (χ2n) is 6.57. The molecule has 1 heterocycles. The maximum atomic E-state index is 12.1. The van der Waals surface area contributed by atoms with E-state index in [1.165, 1.54) is 10.6 Å². The Morgan fingerprint density at radius 3 is 2.58 bits per heavy atom. The molecule has 1 N–H and O–H groups in total. The van der Waals surface area contributed by atoms with Crippen molar-refractivity contribution in [2.45, 2.75) is 13.3 Å². The molecule has 0 unspecified atom stereocenters. The van der Waals surface area contributed by atoms with Gasteiger partial charge in [0.25, 0.3) is 0 Å². The minimum Gasteiger partial charge on any atom is -0.379 e. The highest BCUT2D eigenvalue weighted by atomic mass is 32.2. The first-order valence-corrected chi connectivity index (χ1v) is 10.8. The van der Waals surface area contributed by atoms with E-state index >= 15 is 0 Å². The van der Waals surface area contributed by atoms with Crippen LogP contribution in [-0.4, -0.2) is 82.3 Å². The van der Waals surface area contributed by atoms with Crippen molar-refractivity contribution in [3.8, 4) is 0 Å². The van der Waals surface area contributed by atoms with E-state index in [-0.39, 0.29) is 12.5 Å². The molecule has 146 valence electrons. The SMILES string of the molecule is Cc1ccccc1CC(=O)NCCN(CCN1CCOCC1)S(C)(=O)=O. The summed E-state index contributed by atoms with van der Waals surface area (Å²) in [5, 5.41) is 2.82. The maximum absolute atomic E-state index is 12.1. The summed E-state index contributed by atoms with van der Waals surface area (Å²) >= 11 is 0. The third-order valence-electron chi connectivity index (χ3n) is 4.53. The molecule has 0 saturated carbocycles. The summed E-state index contributed by atoms with van der Waals surface area (Å²) in [7, 11) is -3.31. The van der Waals surface area contributed by atoms with E-state index in [0.29, 0.717) is 39.3 Å². The van der Waals surface area contributed by atoms with Crippen molar-refractivity contribution in [1.82, 2.24) is 14.5 Å². The van der Waals surface area contributed by atoms with Gasteiger partial charge in [-0.25, -0.2) is 8.42 Å². The van der Waals surface area contributed by atoms with Gasteiger partial charge in [0.2, 0.25) is 15.9 Å². The fourth-order valence-corrected chi connectivity index (χ4v) is 3.72. The number of nitrogens with one attached hydrogen (secondary N) is 1. The van der Waals surface area contributed by atoms with Gasteiger partial charge in [-0.2, -0.15) is 4.31 Å². The van der Waals surface area contributed by atoms with Crippen molar-refractivity contribution < 1.29 is 17.9 Å². The van der Waals surface area contributed by atoms with Gasteiger partial charge in [-0.1, -0.05) is 24.3 Å². The van der Waals surface area contributed by atoms with Crippen LogP contribution in [0.25, 0.3) is 0 Å². The van der Waals surface area contributed by atoms with E-state index < -0.39 is 10.0 Å². The van der Waals surface area contributed by atoms with Gasteiger partial charge in [-0.3, -0.25) is 9.69 Å². The van der Waals surface area contributed by atoms with Gasteiger partial charge in [-0.15, -0.1) is 0 Å². The van der Waals surface area contributed by atoms with Crippen LogP contribution in [0.3, 0.4) is 0 Å². The zero-order chi connectivity index (χ0) is 19.0. The molecule has 0 radical (unpaired) electrons. The molecule has 1 aromatic carbocycles. The van der Waals surface area contributed by atoms with E-state index in [2.05, 4.69) is 10.2 Å². The van der Waals surface area contributed by atoms with Crippen molar-refractivity contribution in [2.24, 2.45) is 0 Å². The second kappa shape index (κ2) is 10.0. The van der Waals surface area contributed by atoms with E-state index in [9.17, 15) is 13.2 Å². The van der Waals surface area contributed by atoms with Crippen LogP contribution < -0.4 is 5.32 Å². The van der Waals surface area contributed by atoms with Crippen molar-refractivity contribution in [2.75, 3.05) is 58.7 Å². The lowest BCUT2D eigenvalue weighted by Crippen LogP contribution is -2.45. The number of rotatable bonds is 9. The largest absolute Gasteiger partial charge is 0.379 e. The molecule has 0 spiro atoms. The molecular formula is C18H29N3O4S. The molecule has 1 amide bonds. The lowest BCUT2D eigenvalue weighted by atomic mass is 10.1. The number of ether oxygens (including phenoxy) is 1. The van der Waals surface area contributed by atoms with Crippen LogP contribution in [0.4, 0.5) is 0 Å². The van der Waals surface area contributed by atoms with E-state index in [4.69, 9.17) is 4.74 Å². The molecule has 26 heavy (non-hydrogen) atoms. The molecule has 0 bridgehead atoms. The lowest BCUT2D eigenvalue weighted by Gasteiger charge is -2.29. The monoisotopic (exact) mass is 383 g/mol. The maximum Gasteiger partial charge on any atom is 0.224 e. The van der Waals surface area contributed by atoms with Gasteiger partial charge in [0.15, 0.2) is 0 Å². The Hall–Kier alpha value is -1.48. The van der Waals surface area contributed by atoms with Gasteiger partial charge >= 0.3 is 0 Å². The topological polar surface area (TPSA) is 79.0 Å². The van der Waals surface area contributed by atoms with Gasteiger partial charge in [0.1, 0.15) is 0 Å². The Kier molecular flexibility index (Phi) is 8.02. The van der Waals surface area contributed by atoms with Crippen molar-refractivity contribution in [3.05, 3.63) is 35.4 Å². The molecule has 1 aliphatic rings. The van der Waals surface area contributed by atoms with E-state index in [0.717, 1.165) is 24.2 Å². The van der Waals surface area contributed by atoms with Gasteiger partial charge in [0.05, 0.1) is 25.9 Å². The van der Waals surface area contributed by atoms with Crippen molar-refractivity contribution >= 4 is 15.9 Å². The minimum atomic E-state index is -3.31. The molecule has 0 atom stereocenters. The Bertz CT molecular complexity index is 687. The first kappa shape index (κ1) is 20.8. The predicted molar refractivity (Wildman–Crippen MR) is 102 cm³/mol. The average molecular weight is 384 g/mol. The highest BCUT2D eigenvalue weighted by Crippen LogP contribution is 2.07. The smallest absolute Gasteiger partial charge is 0.224 e. The summed E-state index contributed by atoms with van der Waals surface area (Å²) in [6, 6.07) is 7.75. The third-order valence-corrected chi connectivity index (χ3v) is 5.84. The summed E-state index contributed by atoms with van der Waals surface area (Å²) in [5.41, 5.74) is 2.06. The summed E-state index contributed by atoms with van der Waals surface area (Å²) < 4.78 is 30.7. The minimum absolute atomic E-state index is 0.0964. The zero-order valence-electron chi connectivity index (χ0n) is 15.6. The van der Waals surface area contributed by atoms with Crippen molar-refractivity contribution in [3.63, 3.8) is 0 Å². The number of amides is 1. The molecule has 1 saturated heterocycles. The molecule has 1 aliphatic heterocycles. The highest BCUT2D eigenvalue weighted by molar-refractivity contribution is 7.88. The Balaban J connectivity index is 1.77. The molecule has 1 aromatic rings. The third kappa shape index (κ3) is 7.03. The van der Waals surface area contributed by atoms with Crippen LogP contribution in [0.15, 0.2) is 24.3 Å².